The number of benzene rings is 2. The van der Waals surface area contributed by atoms with Gasteiger partial charge in [0.1, 0.15) is 11.5 Å². The summed E-state index contributed by atoms with van der Waals surface area (Å²) in [6, 6.07) is 7.47. The lowest BCUT2D eigenvalue weighted by Crippen LogP contribution is -2.05. The van der Waals surface area contributed by atoms with Gasteiger partial charge in [0.05, 0.1) is 5.56 Å². The van der Waals surface area contributed by atoms with Gasteiger partial charge in [-0.3, -0.25) is 0 Å². The van der Waals surface area contributed by atoms with Crippen LogP contribution in [0.2, 0.25) is 0 Å². The quantitative estimate of drug-likeness (QED) is 0.736. The minimum Gasteiger partial charge on any atom is -0.399 e. The first-order chi connectivity index (χ1) is 10.1. The molecule has 0 saturated carbocycles. The van der Waals surface area contributed by atoms with Gasteiger partial charge in [-0.25, -0.2) is 13.2 Å². The number of aromatic nitrogens is 4. The second-order valence-corrected chi connectivity index (χ2v) is 4.23. The van der Waals surface area contributed by atoms with Crippen molar-refractivity contribution in [2.45, 2.75) is 0 Å². The van der Waals surface area contributed by atoms with Crippen molar-refractivity contribution in [3.63, 3.8) is 0 Å². The van der Waals surface area contributed by atoms with Crippen molar-refractivity contribution in [1.82, 2.24) is 20.2 Å². The number of nitrogens with two attached hydrogens (primary N) is 1. The summed E-state index contributed by atoms with van der Waals surface area (Å²) >= 11 is 0. The van der Waals surface area contributed by atoms with Crippen molar-refractivity contribution in [3.05, 3.63) is 53.8 Å². The van der Waals surface area contributed by atoms with E-state index in [1.165, 1.54) is 24.3 Å². The van der Waals surface area contributed by atoms with Gasteiger partial charge in [0.25, 0.3) is 0 Å². The summed E-state index contributed by atoms with van der Waals surface area (Å²) in [7, 11) is 0. The van der Waals surface area contributed by atoms with E-state index in [0.717, 1.165) is 16.8 Å². The van der Waals surface area contributed by atoms with Crippen LogP contribution < -0.4 is 5.73 Å². The van der Waals surface area contributed by atoms with Crippen LogP contribution in [0.3, 0.4) is 0 Å². The summed E-state index contributed by atoms with van der Waals surface area (Å²) in [6.07, 6.45) is 0. The normalized spacial score (nSPS) is 10.8. The minimum atomic E-state index is -1.12. The maximum Gasteiger partial charge on any atom is 0.190 e. The van der Waals surface area contributed by atoms with Crippen LogP contribution in [0.5, 0.6) is 0 Å². The third-order valence-electron chi connectivity index (χ3n) is 2.86. The Morgan fingerprint density at radius 1 is 1.00 bits per heavy atom. The molecule has 21 heavy (non-hydrogen) atoms. The molecular formula is C13H8F3N5. The first kappa shape index (κ1) is 13.1. The molecule has 0 aliphatic heterocycles. The van der Waals surface area contributed by atoms with Crippen molar-refractivity contribution in [3.8, 4) is 17.1 Å². The van der Waals surface area contributed by atoms with Crippen LogP contribution in [0.15, 0.2) is 36.4 Å². The molecule has 106 valence electrons. The summed E-state index contributed by atoms with van der Waals surface area (Å²) in [4.78, 5) is 0. The predicted octanol–water partition coefficient (Wildman–Crippen LogP) is 2.33. The minimum absolute atomic E-state index is 0.0258. The number of tetrazole rings is 1. The Morgan fingerprint density at radius 2 is 1.81 bits per heavy atom. The molecule has 5 nitrogen and oxygen atoms in total. The molecule has 1 aromatic heterocycles. The van der Waals surface area contributed by atoms with E-state index in [1.54, 1.807) is 0 Å². The molecular weight excluding hydrogens is 283 g/mol. The molecule has 3 aromatic rings. The first-order valence-electron chi connectivity index (χ1n) is 5.86. The summed E-state index contributed by atoms with van der Waals surface area (Å²) < 4.78 is 42.0. The van der Waals surface area contributed by atoms with E-state index in [4.69, 9.17) is 5.73 Å². The van der Waals surface area contributed by atoms with E-state index in [1.807, 2.05) is 0 Å². The average Bonchev–Trinajstić information content (AvgIpc) is 2.91. The molecule has 0 atom stereocenters. The smallest absolute Gasteiger partial charge is 0.190 e. The molecule has 0 saturated heterocycles. The topological polar surface area (TPSA) is 69.6 Å². The molecule has 0 radical (unpaired) electrons. The Hall–Kier alpha value is -2.90. The van der Waals surface area contributed by atoms with E-state index in [9.17, 15) is 13.2 Å². The fourth-order valence-electron chi connectivity index (χ4n) is 1.89. The Labute approximate surface area is 116 Å². The maximum atomic E-state index is 13.9. The standard InChI is InChI=1S/C13H8F3N5/c14-9-2-1-3-11(12(9)16)21-13(18-19-20-21)8-5-4-7(17)6-10(8)15/h1-6H,17H2. The highest BCUT2D eigenvalue weighted by atomic mass is 19.2. The zero-order chi connectivity index (χ0) is 15.0. The number of hydrogen-bond acceptors (Lipinski definition) is 4. The Morgan fingerprint density at radius 3 is 2.57 bits per heavy atom. The largest absolute Gasteiger partial charge is 0.399 e. The molecule has 8 heteroatoms. The number of halogens is 3. The van der Waals surface area contributed by atoms with Crippen LogP contribution in [-0.4, -0.2) is 20.2 Å². The van der Waals surface area contributed by atoms with Gasteiger partial charge in [0, 0.05) is 5.69 Å². The summed E-state index contributed by atoms with van der Waals surface area (Å²) in [5, 5.41) is 10.6. The Balaban J connectivity index is 2.20. The Kier molecular flexibility index (Phi) is 3.05. The van der Waals surface area contributed by atoms with Gasteiger partial charge in [0.15, 0.2) is 17.5 Å². The van der Waals surface area contributed by atoms with E-state index in [-0.39, 0.29) is 22.8 Å². The highest BCUT2D eigenvalue weighted by Gasteiger charge is 2.18. The number of nitrogen functional groups attached to an aromatic ring is 1. The lowest BCUT2D eigenvalue weighted by molar-refractivity contribution is 0.500. The number of nitrogens with zero attached hydrogens (tertiary/aromatic N) is 4. The summed E-state index contributed by atoms with van der Waals surface area (Å²) in [5.74, 6) is -2.89. The Bertz CT molecular complexity index is 815. The molecule has 2 N–H and O–H groups in total. The summed E-state index contributed by atoms with van der Waals surface area (Å²) in [5.41, 5.74) is 5.50. The fourth-order valence-corrected chi connectivity index (χ4v) is 1.89. The number of anilines is 1. The summed E-state index contributed by atoms with van der Waals surface area (Å²) in [6.45, 7) is 0. The van der Waals surface area contributed by atoms with Gasteiger partial charge in [0.2, 0.25) is 0 Å². The van der Waals surface area contributed by atoms with Gasteiger partial charge in [-0.1, -0.05) is 6.07 Å². The van der Waals surface area contributed by atoms with E-state index < -0.39 is 17.5 Å². The monoisotopic (exact) mass is 291 g/mol. The van der Waals surface area contributed by atoms with Crippen LogP contribution in [0.4, 0.5) is 18.9 Å². The third kappa shape index (κ3) is 2.20. The van der Waals surface area contributed by atoms with Crippen LogP contribution >= 0.6 is 0 Å². The highest BCUT2D eigenvalue weighted by molar-refractivity contribution is 5.61. The van der Waals surface area contributed by atoms with Crippen molar-refractivity contribution in [2.24, 2.45) is 0 Å². The molecule has 0 aliphatic carbocycles. The van der Waals surface area contributed by atoms with E-state index >= 15 is 0 Å². The van der Waals surface area contributed by atoms with E-state index in [2.05, 4.69) is 15.5 Å². The van der Waals surface area contributed by atoms with Crippen molar-refractivity contribution < 1.29 is 13.2 Å². The molecule has 0 aliphatic rings. The molecule has 0 spiro atoms. The van der Waals surface area contributed by atoms with Crippen LogP contribution in [0.25, 0.3) is 17.1 Å². The van der Waals surface area contributed by atoms with Gasteiger partial charge in [-0.15, -0.1) is 5.10 Å². The van der Waals surface area contributed by atoms with Gasteiger partial charge in [-0.2, -0.15) is 4.68 Å². The van der Waals surface area contributed by atoms with Crippen LogP contribution in [-0.2, 0) is 0 Å². The second kappa shape index (κ2) is 4.89. The zero-order valence-corrected chi connectivity index (χ0v) is 10.5. The highest BCUT2D eigenvalue weighted by Crippen LogP contribution is 2.25. The lowest BCUT2D eigenvalue weighted by atomic mass is 10.1. The second-order valence-electron chi connectivity index (χ2n) is 4.23. The van der Waals surface area contributed by atoms with Gasteiger partial charge in [-0.05, 0) is 40.8 Å². The number of hydrogen-bond donors (Lipinski definition) is 1. The van der Waals surface area contributed by atoms with Gasteiger partial charge < -0.3 is 5.73 Å². The lowest BCUT2D eigenvalue weighted by Gasteiger charge is -2.07. The van der Waals surface area contributed by atoms with Crippen LogP contribution in [0, 0.1) is 17.5 Å². The predicted molar refractivity (Wildman–Crippen MR) is 68.9 cm³/mol. The van der Waals surface area contributed by atoms with Gasteiger partial charge >= 0.3 is 0 Å². The molecule has 3 rings (SSSR count). The molecule has 0 bridgehead atoms. The van der Waals surface area contributed by atoms with Crippen molar-refractivity contribution >= 4 is 5.69 Å². The fraction of sp³-hybridized carbons (Fsp3) is 0. The molecule has 0 unspecified atom stereocenters. The van der Waals surface area contributed by atoms with Crippen molar-refractivity contribution in [2.75, 3.05) is 5.73 Å². The SMILES string of the molecule is Nc1ccc(-c2nnnn2-c2cccc(F)c2F)c(F)c1. The first-order valence-corrected chi connectivity index (χ1v) is 5.86. The molecule has 0 amide bonds. The average molecular weight is 291 g/mol. The molecule has 2 aromatic carbocycles. The maximum absolute atomic E-state index is 13.9. The zero-order valence-electron chi connectivity index (χ0n) is 10.5. The molecule has 1 heterocycles. The number of rotatable bonds is 2. The molecule has 0 fully saturated rings. The third-order valence-corrected chi connectivity index (χ3v) is 2.86. The van der Waals surface area contributed by atoms with Crippen LogP contribution in [0.1, 0.15) is 0 Å². The van der Waals surface area contributed by atoms with Crippen molar-refractivity contribution in [1.29, 1.82) is 0 Å². The van der Waals surface area contributed by atoms with E-state index in [0.29, 0.717) is 0 Å².